The first-order valence-corrected chi connectivity index (χ1v) is 4.17. The topological polar surface area (TPSA) is 26.0 Å². The summed E-state index contributed by atoms with van der Waals surface area (Å²) in [5.41, 5.74) is 8.13. The fourth-order valence-electron chi connectivity index (χ4n) is 1.84. The molecule has 0 radical (unpaired) electrons. The van der Waals surface area contributed by atoms with Crippen LogP contribution in [0.2, 0.25) is 0 Å². The van der Waals surface area contributed by atoms with Gasteiger partial charge in [-0.15, -0.1) is 0 Å². The van der Waals surface area contributed by atoms with Crippen molar-refractivity contribution in [1.29, 1.82) is 0 Å². The Labute approximate surface area is 67.3 Å². The molecule has 0 bridgehead atoms. The zero-order valence-electron chi connectivity index (χ0n) is 6.75. The van der Waals surface area contributed by atoms with E-state index in [-0.39, 0.29) is 0 Å². The monoisotopic (exact) mass is 147 g/mol. The van der Waals surface area contributed by atoms with E-state index in [1.54, 1.807) is 5.57 Å². The highest BCUT2D eigenvalue weighted by Crippen LogP contribution is 2.39. The Morgan fingerprint density at radius 3 is 2.91 bits per heavy atom. The number of hydrogen-bond donors (Lipinski definition) is 1. The maximum Gasteiger partial charge on any atom is 0.0276 e. The Morgan fingerprint density at radius 2 is 2.27 bits per heavy atom. The molecule has 0 saturated carbocycles. The van der Waals surface area contributed by atoms with Gasteiger partial charge < -0.3 is 5.73 Å². The minimum atomic E-state index is 0.606. The zero-order valence-corrected chi connectivity index (χ0v) is 6.75. The van der Waals surface area contributed by atoms with Crippen molar-refractivity contribution >= 4 is 0 Å². The molecule has 2 rings (SSSR count). The van der Waals surface area contributed by atoms with Gasteiger partial charge in [0, 0.05) is 17.5 Å². The zero-order chi connectivity index (χ0) is 7.84. The van der Waals surface area contributed by atoms with E-state index in [0.29, 0.717) is 11.8 Å². The van der Waals surface area contributed by atoms with Crippen molar-refractivity contribution in [3.05, 3.63) is 35.6 Å². The summed E-state index contributed by atoms with van der Waals surface area (Å²) >= 11 is 0. The van der Waals surface area contributed by atoms with Crippen LogP contribution in [0.4, 0.5) is 0 Å². The van der Waals surface area contributed by atoms with E-state index < -0.39 is 0 Å². The molecule has 0 aromatic heterocycles. The summed E-state index contributed by atoms with van der Waals surface area (Å²) in [4.78, 5) is 0. The molecule has 2 aliphatic carbocycles. The predicted octanol–water partition coefficient (Wildman–Crippen LogP) is 1.98. The summed E-state index contributed by atoms with van der Waals surface area (Å²) in [7, 11) is 0. The Hall–Kier alpha value is -0.980. The number of allylic oxidation sites excluding steroid dienone is 5. The van der Waals surface area contributed by atoms with Gasteiger partial charge in [-0.1, -0.05) is 30.7 Å². The molecule has 0 heterocycles. The van der Waals surface area contributed by atoms with Crippen LogP contribution >= 0.6 is 0 Å². The van der Waals surface area contributed by atoms with Gasteiger partial charge in [0.1, 0.15) is 0 Å². The van der Waals surface area contributed by atoms with Gasteiger partial charge >= 0.3 is 0 Å². The van der Waals surface area contributed by atoms with Gasteiger partial charge in [0.05, 0.1) is 0 Å². The second-order valence-electron chi connectivity index (χ2n) is 3.22. The van der Waals surface area contributed by atoms with Gasteiger partial charge in [0.25, 0.3) is 0 Å². The molecule has 0 fully saturated rings. The highest BCUT2D eigenvalue weighted by atomic mass is 14.6. The number of hydrogen-bond acceptors (Lipinski definition) is 1. The molecule has 2 aliphatic rings. The van der Waals surface area contributed by atoms with Crippen molar-refractivity contribution in [3.63, 3.8) is 0 Å². The lowest BCUT2D eigenvalue weighted by Crippen LogP contribution is -2.24. The molecule has 0 aliphatic heterocycles. The highest BCUT2D eigenvalue weighted by molar-refractivity contribution is 5.38. The molecular weight excluding hydrogens is 134 g/mol. The van der Waals surface area contributed by atoms with Crippen LogP contribution in [0.15, 0.2) is 35.6 Å². The van der Waals surface area contributed by atoms with Crippen LogP contribution in [0.1, 0.15) is 13.3 Å². The van der Waals surface area contributed by atoms with Crippen molar-refractivity contribution < 1.29 is 0 Å². The molecule has 2 atom stereocenters. The molecular formula is C10H13N. The number of fused-ring (bicyclic) bond motifs is 1. The average Bonchev–Trinajstić information content (AvgIpc) is 1.95. The van der Waals surface area contributed by atoms with Crippen molar-refractivity contribution in [2.24, 2.45) is 17.6 Å². The van der Waals surface area contributed by atoms with Gasteiger partial charge in [0.15, 0.2) is 0 Å². The molecule has 0 spiro atoms. The largest absolute Gasteiger partial charge is 0.399 e. The van der Waals surface area contributed by atoms with E-state index in [1.807, 2.05) is 6.08 Å². The molecule has 1 unspecified atom stereocenters. The maximum absolute atomic E-state index is 5.65. The minimum Gasteiger partial charge on any atom is -0.399 e. The van der Waals surface area contributed by atoms with Gasteiger partial charge in [-0.25, -0.2) is 0 Å². The van der Waals surface area contributed by atoms with Crippen LogP contribution in [0, 0.1) is 11.8 Å². The second-order valence-corrected chi connectivity index (χ2v) is 3.22. The lowest BCUT2D eigenvalue weighted by Gasteiger charge is -2.34. The van der Waals surface area contributed by atoms with E-state index in [0.717, 1.165) is 5.70 Å². The van der Waals surface area contributed by atoms with E-state index in [2.05, 4.69) is 25.2 Å². The molecule has 58 valence electrons. The second kappa shape index (κ2) is 2.26. The van der Waals surface area contributed by atoms with Crippen molar-refractivity contribution in [2.75, 3.05) is 0 Å². The van der Waals surface area contributed by atoms with Crippen LogP contribution < -0.4 is 5.73 Å². The third kappa shape index (κ3) is 0.917. The van der Waals surface area contributed by atoms with Gasteiger partial charge in [-0.3, -0.25) is 0 Å². The Morgan fingerprint density at radius 1 is 1.45 bits per heavy atom. The smallest absolute Gasteiger partial charge is 0.0276 e. The average molecular weight is 147 g/mol. The number of rotatable bonds is 1. The maximum atomic E-state index is 5.65. The molecule has 1 heteroatoms. The molecule has 0 aromatic rings. The van der Waals surface area contributed by atoms with Crippen LogP contribution in [0.3, 0.4) is 0 Å². The molecule has 11 heavy (non-hydrogen) atoms. The van der Waals surface area contributed by atoms with Crippen molar-refractivity contribution in [3.8, 4) is 0 Å². The highest BCUT2D eigenvalue weighted by Gasteiger charge is 2.28. The summed E-state index contributed by atoms with van der Waals surface area (Å²) in [6, 6.07) is 0. The van der Waals surface area contributed by atoms with E-state index in [1.165, 1.54) is 6.42 Å². The molecule has 0 aromatic carbocycles. The fraction of sp³-hybridized carbons (Fsp3) is 0.400. The van der Waals surface area contributed by atoms with Crippen LogP contribution in [-0.4, -0.2) is 0 Å². The van der Waals surface area contributed by atoms with Crippen LogP contribution in [-0.2, 0) is 0 Å². The lowest BCUT2D eigenvalue weighted by atomic mass is 9.71. The first-order chi connectivity index (χ1) is 5.31. The quantitative estimate of drug-likeness (QED) is 0.564. The summed E-state index contributed by atoms with van der Waals surface area (Å²) < 4.78 is 0. The fourth-order valence-corrected chi connectivity index (χ4v) is 1.84. The standard InChI is InChI=1S/C10H13N/c1-2-7-5-8-6-9(11)3-4-10(7)8/h3-6,8,10H,2,11H2,1H3/t8?,10-/m1/s1. The summed E-state index contributed by atoms with van der Waals surface area (Å²) in [6.07, 6.45) is 9.88. The normalized spacial score (nSPS) is 33.5. The van der Waals surface area contributed by atoms with E-state index in [9.17, 15) is 0 Å². The van der Waals surface area contributed by atoms with Gasteiger partial charge in [-0.05, 0) is 12.5 Å². The first-order valence-electron chi connectivity index (χ1n) is 4.17. The van der Waals surface area contributed by atoms with Gasteiger partial charge in [0.2, 0.25) is 0 Å². The minimum absolute atomic E-state index is 0.606. The third-order valence-electron chi connectivity index (χ3n) is 2.54. The predicted molar refractivity (Wildman–Crippen MR) is 46.8 cm³/mol. The third-order valence-corrected chi connectivity index (χ3v) is 2.54. The first kappa shape index (κ1) is 6.71. The summed E-state index contributed by atoms with van der Waals surface area (Å²) in [5, 5.41) is 0. The molecule has 1 nitrogen and oxygen atoms in total. The Kier molecular flexibility index (Phi) is 1.38. The van der Waals surface area contributed by atoms with E-state index >= 15 is 0 Å². The summed E-state index contributed by atoms with van der Waals surface area (Å²) in [6.45, 7) is 2.21. The van der Waals surface area contributed by atoms with Crippen LogP contribution in [0.25, 0.3) is 0 Å². The molecule has 2 N–H and O–H groups in total. The Bertz CT molecular complexity index is 258. The van der Waals surface area contributed by atoms with Crippen molar-refractivity contribution in [1.82, 2.24) is 0 Å². The SMILES string of the molecule is CCC1=CC2C=C(N)C=C[C@H]12. The van der Waals surface area contributed by atoms with E-state index in [4.69, 9.17) is 5.73 Å². The van der Waals surface area contributed by atoms with Gasteiger partial charge in [-0.2, -0.15) is 0 Å². The summed E-state index contributed by atoms with van der Waals surface area (Å²) in [5.74, 6) is 1.28. The Balaban J connectivity index is 2.21. The lowest BCUT2D eigenvalue weighted by molar-refractivity contribution is 0.533. The van der Waals surface area contributed by atoms with Crippen LogP contribution in [0.5, 0.6) is 0 Å². The van der Waals surface area contributed by atoms with Crippen molar-refractivity contribution in [2.45, 2.75) is 13.3 Å². The molecule has 0 saturated heterocycles. The molecule has 0 amide bonds. The number of nitrogens with two attached hydrogens (primary N) is 1.